The molecule has 0 saturated carbocycles. The molecule has 0 amide bonds. The van der Waals surface area contributed by atoms with Gasteiger partial charge in [-0.15, -0.1) is 0 Å². The van der Waals surface area contributed by atoms with Gasteiger partial charge in [-0.05, 0) is 35.0 Å². The quantitative estimate of drug-likeness (QED) is 0.832. The van der Waals surface area contributed by atoms with Crippen LogP contribution in [0, 0.1) is 12.7 Å². The van der Waals surface area contributed by atoms with Crippen LogP contribution in [0.5, 0.6) is 0 Å². The number of nitrogens with one attached hydrogen (secondary N) is 1. The van der Waals surface area contributed by atoms with E-state index < -0.39 is 0 Å². The first kappa shape index (κ1) is 9.40. The SMILES string of the molecule is Cc1cnc(-c2c(F)cccc2Br)[nH]1. The van der Waals surface area contributed by atoms with Crippen molar-refractivity contribution in [3.63, 3.8) is 0 Å². The van der Waals surface area contributed by atoms with Gasteiger partial charge in [-0.2, -0.15) is 0 Å². The highest BCUT2D eigenvalue weighted by atomic mass is 79.9. The normalized spacial score (nSPS) is 10.5. The number of nitrogens with zero attached hydrogens (tertiary/aromatic N) is 1. The van der Waals surface area contributed by atoms with Crippen molar-refractivity contribution in [2.24, 2.45) is 0 Å². The van der Waals surface area contributed by atoms with Gasteiger partial charge < -0.3 is 4.98 Å². The average Bonchev–Trinajstić information content (AvgIpc) is 2.51. The molecule has 0 bridgehead atoms. The van der Waals surface area contributed by atoms with Gasteiger partial charge in [-0.1, -0.05) is 6.07 Å². The summed E-state index contributed by atoms with van der Waals surface area (Å²) >= 11 is 3.29. The zero-order chi connectivity index (χ0) is 10.1. The fraction of sp³-hybridized carbons (Fsp3) is 0.100. The van der Waals surface area contributed by atoms with E-state index in [2.05, 4.69) is 25.9 Å². The van der Waals surface area contributed by atoms with Crippen LogP contribution < -0.4 is 0 Å². The first-order valence-electron chi connectivity index (χ1n) is 4.14. The Labute approximate surface area is 89.3 Å². The molecule has 0 spiro atoms. The van der Waals surface area contributed by atoms with Crippen LogP contribution in [-0.2, 0) is 0 Å². The van der Waals surface area contributed by atoms with Crippen molar-refractivity contribution in [1.29, 1.82) is 0 Å². The van der Waals surface area contributed by atoms with Crippen molar-refractivity contribution in [2.45, 2.75) is 6.92 Å². The summed E-state index contributed by atoms with van der Waals surface area (Å²) in [7, 11) is 0. The summed E-state index contributed by atoms with van der Waals surface area (Å²) in [5, 5.41) is 0. The summed E-state index contributed by atoms with van der Waals surface area (Å²) in [5.74, 6) is 0.265. The molecule has 0 aliphatic rings. The Morgan fingerprint density at radius 1 is 1.43 bits per heavy atom. The van der Waals surface area contributed by atoms with Crippen molar-refractivity contribution in [3.05, 3.63) is 40.4 Å². The number of halogens is 2. The number of imidazole rings is 1. The van der Waals surface area contributed by atoms with Crippen LogP contribution in [0.4, 0.5) is 4.39 Å². The third-order valence-corrected chi connectivity index (χ3v) is 2.56. The molecule has 1 heterocycles. The van der Waals surface area contributed by atoms with Gasteiger partial charge in [-0.3, -0.25) is 0 Å². The van der Waals surface area contributed by atoms with Crippen LogP contribution >= 0.6 is 15.9 Å². The Hall–Kier alpha value is -1.16. The molecule has 0 saturated heterocycles. The molecule has 1 aromatic carbocycles. The third kappa shape index (κ3) is 1.57. The second kappa shape index (κ2) is 3.53. The lowest BCUT2D eigenvalue weighted by Gasteiger charge is -2.01. The number of rotatable bonds is 1. The van der Waals surface area contributed by atoms with Crippen LogP contribution in [0.2, 0.25) is 0 Å². The first-order chi connectivity index (χ1) is 6.68. The maximum atomic E-state index is 13.5. The summed E-state index contributed by atoms with van der Waals surface area (Å²) in [4.78, 5) is 7.07. The van der Waals surface area contributed by atoms with E-state index in [9.17, 15) is 4.39 Å². The molecule has 1 aromatic heterocycles. The van der Waals surface area contributed by atoms with E-state index in [0.717, 1.165) is 5.69 Å². The van der Waals surface area contributed by atoms with Gasteiger partial charge in [-0.25, -0.2) is 9.37 Å². The maximum absolute atomic E-state index is 13.5. The van der Waals surface area contributed by atoms with Gasteiger partial charge in [0.15, 0.2) is 0 Å². The summed E-state index contributed by atoms with van der Waals surface area (Å²) in [5.41, 5.74) is 1.38. The van der Waals surface area contributed by atoms with Gasteiger partial charge in [0, 0.05) is 16.4 Å². The number of hydrogen-bond donors (Lipinski definition) is 1. The van der Waals surface area contributed by atoms with E-state index in [-0.39, 0.29) is 5.82 Å². The molecule has 0 aliphatic heterocycles. The van der Waals surface area contributed by atoms with Crippen LogP contribution in [-0.4, -0.2) is 9.97 Å². The molecule has 0 atom stereocenters. The van der Waals surface area contributed by atoms with Crippen molar-refractivity contribution >= 4 is 15.9 Å². The number of aromatic amines is 1. The third-order valence-electron chi connectivity index (χ3n) is 1.90. The van der Waals surface area contributed by atoms with Gasteiger partial charge in [0.1, 0.15) is 11.6 Å². The Balaban J connectivity index is 2.61. The Bertz CT molecular complexity index is 445. The Morgan fingerprint density at radius 2 is 2.21 bits per heavy atom. The van der Waals surface area contributed by atoms with Crippen molar-refractivity contribution in [1.82, 2.24) is 9.97 Å². The largest absolute Gasteiger partial charge is 0.342 e. The van der Waals surface area contributed by atoms with Crippen molar-refractivity contribution < 1.29 is 4.39 Å². The summed E-state index contributed by atoms with van der Waals surface area (Å²) in [6, 6.07) is 4.85. The van der Waals surface area contributed by atoms with E-state index in [1.165, 1.54) is 6.07 Å². The number of aromatic nitrogens is 2. The number of H-pyrrole nitrogens is 1. The summed E-state index contributed by atoms with van der Waals surface area (Å²) < 4.78 is 14.2. The smallest absolute Gasteiger partial charge is 0.141 e. The monoisotopic (exact) mass is 254 g/mol. The fourth-order valence-electron chi connectivity index (χ4n) is 1.26. The molecule has 2 rings (SSSR count). The predicted octanol–water partition coefficient (Wildman–Crippen LogP) is 3.29. The van der Waals surface area contributed by atoms with Crippen LogP contribution in [0.15, 0.2) is 28.9 Å². The fourth-order valence-corrected chi connectivity index (χ4v) is 1.79. The molecule has 0 aliphatic carbocycles. The molecule has 2 aromatic rings. The Morgan fingerprint density at radius 3 is 2.79 bits per heavy atom. The van der Waals surface area contributed by atoms with Crippen molar-refractivity contribution in [2.75, 3.05) is 0 Å². The maximum Gasteiger partial charge on any atom is 0.141 e. The lowest BCUT2D eigenvalue weighted by molar-refractivity contribution is 0.629. The molecule has 0 radical (unpaired) electrons. The van der Waals surface area contributed by atoms with Gasteiger partial charge >= 0.3 is 0 Å². The summed E-state index contributed by atoms with van der Waals surface area (Å²) in [6.07, 6.45) is 1.67. The molecule has 72 valence electrons. The number of hydrogen-bond acceptors (Lipinski definition) is 1. The summed E-state index contributed by atoms with van der Waals surface area (Å²) in [6.45, 7) is 1.88. The highest BCUT2D eigenvalue weighted by molar-refractivity contribution is 9.10. The van der Waals surface area contributed by atoms with Gasteiger partial charge in [0.2, 0.25) is 0 Å². The molecular formula is C10H8BrFN2. The van der Waals surface area contributed by atoms with E-state index in [4.69, 9.17) is 0 Å². The highest BCUT2D eigenvalue weighted by Crippen LogP contribution is 2.28. The standard InChI is InChI=1S/C10H8BrFN2/c1-6-5-13-10(14-6)9-7(11)3-2-4-8(9)12/h2-5H,1H3,(H,13,14). The van der Waals surface area contributed by atoms with Gasteiger partial charge in [0.25, 0.3) is 0 Å². The highest BCUT2D eigenvalue weighted by Gasteiger charge is 2.11. The second-order valence-corrected chi connectivity index (χ2v) is 3.87. The van der Waals surface area contributed by atoms with Crippen LogP contribution in [0.25, 0.3) is 11.4 Å². The van der Waals surface area contributed by atoms with Crippen molar-refractivity contribution in [3.8, 4) is 11.4 Å². The van der Waals surface area contributed by atoms with Crippen LogP contribution in [0.1, 0.15) is 5.69 Å². The van der Waals surface area contributed by atoms with Crippen LogP contribution in [0.3, 0.4) is 0 Å². The Kier molecular flexibility index (Phi) is 2.37. The average molecular weight is 255 g/mol. The zero-order valence-corrected chi connectivity index (χ0v) is 9.10. The molecule has 14 heavy (non-hydrogen) atoms. The molecule has 4 heteroatoms. The minimum atomic E-state index is -0.284. The first-order valence-corrected chi connectivity index (χ1v) is 4.94. The predicted molar refractivity (Wildman–Crippen MR) is 56.4 cm³/mol. The van der Waals surface area contributed by atoms with E-state index >= 15 is 0 Å². The lowest BCUT2D eigenvalue weighted by Crippen LogP contribution is -1.87. The molecule has 0 unspecified atom stereocenters. The van der Waals surface area contributed by atoms with E-state index in [0.29, 0.717) is 15.9 Å². The molecular weight excluding hydrogens is 247 g/mol. The molecule has 1 N–H and O–H groups in total. The lowest BCUT2D eigenvalue weighted by atomic mass is 10.2. The minimum absolute atomic E-state index is 0.284. The van der Waals surface area contributed by atoms with Gasteiger partial charge in [0.05, 0.1) is 5.56 Å². The minimum Gasteiger partial charge on any atom is -0.342 e. The van der Waals surface area contributed by atoms with E-state index in [1.54, 1.807) is 18.3 Å². The number of aryl methyl sites for hydroxylation is 1. The molecule has 2 nitrogen and oxygen atoms in total. The van der Waals surface area contributed by atoms with E-state index in [1.807, 2.05) is 6.92 Å². The zero-order valence-electron chi connectivity index (χ0n) is 7.51. The second-order valence-electron chi connectivity index (χ2n) is 3.01. The number of benzene rings is 1. The molecule has 0 fully saturated rings. The topological polar surface area (TPSA) is 28.7 Å².